The van der Waals surface area contributed by atoms with Crippen molar-refractivity contribution in [2.45, 2.75) is 13.5 Å². The van der Waals surface area contributed by atoms with Gasteiger partial charge in [0.25, 0.3) is 0 Å². The maximum Gasteiger partial charge on any atom is 0.153 e. The predicted molar refractivity (Wildman–Crippen MR) is 113 cm³/mol. The van der Waals surface area contributed by atoms with E-state index in [1.165, 1.54) is 12.1 Å². The zero-order valence-corrected chi connectivity index (χ0v) is 16.3. The number of hydrogen-bond acceptors (Lipinski definition) is 5. The highest BCUT2D eigenvalue weighted by molar-refractivity contribution is 6.32. The Bertz CT molecular complexity index is 1220. The number of phenols is 1. The van der Waals surface area contributed by atoms with Gasteiger partial charge in [-0.15, -0.1) is 0 Å². The number of hydrogen-bond donors (Lipinski definition) is 1. The highest BCUT2D eigenvalue weighted by atomic mass is 35.5. The molecule has 0 amide bonds. The normalized spacial score (nSPS) is 10.8. The number of carbonyl (C=O) groups excluding carboxylic acids is 1. The fourth-order valence-corrected chi connectivity index (χ4v) is 3.43. The number of aromatic nitrogens is 2. The number of fused-ring (bicyclic) bond motifs is 1. The highest BCUT2D eigenvalue weighted by Crippen LogP contribution is 2.33. The van der Waals surface area contributed by atoms with Crippen molar-refractivity contribution in [1.29, 1.82) is 0 Å². The van der Waals surface area contributed by atoms with Gasteiger partial charge >= 0.3 is 0 Å². The smallest absolute Gasteiger partial charge is 0.153 e. The minimum atomic E-state index is -0.165. The molecule has 6 heteroatoms. The fraction of sp³-hybridized carbons (Fsp3) is 0.0870. The average Bonchev–Trinajstić information content (AvgIpc) is 2.74. The molecule has 1 heterocycles. The monoisotopic (exact) mass is 404 g/mol. The van der Waals surface area contributed by atoms with E-state index in [2.05, 4.69) is 9.97 Å². The summed E-state index contributed by atoms with van der Waals surface area (Å²) in [5.74, 6) is 0.155. The summed E-state index contributed by atoms with van der Waals surface area (Å²) in [5, 5.41) is 10.1. The van der Waals surface area contributed by atoms with Gasteiger partial charge in [-0.3, -0.25) is 14.8 Å². The molecule has 0 radical (unpaired) electrons. The number of aromatic hydroxyl groups is 1. The molecule has 0 spiro atoms. The van der Waals surface area contributed by atoms with Crippen LogP contribution in [0.25, 0.3) is 22.2 Å². The van der Waals surface area contributed by atoms with Crippen LogP contribution in [0.5, 0.6) is 11.5 Å². The molecule has 0 aliphatic heterocycles. The summed E-state index contributed by atoms with van der Waals surface area (Å²) in [6, 6.07) is 14.7. The summed E-state index contributed by atoms with van der Waals surface area (Å²) in [6.45, 7) is 2.30. The molecule has 4 aromatic rings. The third-order valence-corrected chi connectivity index (χ3v) is 5.11. The summed E-state index contributed by atoms with van der Waals surface area (Å²) >= 11 is 6.16. The fourth-order valence-electron chi connectivity index (χ4n) is 3.20. The number of aldehydes is 1. The Morgan fingerprint density at radius 1 is 1.07 bits per heavy atom. The van der Waals surface area contributed by atoms with E-state index >= 15 is 0 Å². The topological polar surface area (TPSA) is 72.3 Å². The van der Waals surface area contributed by atoms with E-state index < -0.39 is 0 Å². The van der Waals surface area contributed by atoms with Crippen LogP contribution in [0.2, 0.25) is 5.02 Å². The zero-order chi connectivity index (χ0) is 20.4. The Kier molecular flexibility index (Phi) is 5.14. The number of ether oxygens (including phenoxy) is 1. The van der Waals surface area contributed by atoms with Crippen LogP contribution in [-0.2, 0) is 6.61 Å². The van der Waals surface area contributed by atoms with Gasteiger partial charge in [-0.2, -0.15) is 0 Å². The lowest BCUT2D eigenvalue weighted by molar-refractivity contribution is 0.112. The van der Waals surface area contributed by atoms with E-state index in [-0.39, 0.29) is 22.9 Å². The molecule has 0 saturated heterocycles. The Morgan fingerprint density at radius 3 is 2.66 bits per heavy atom. The lowest BCUT2D eigenvalue weighted by atomic mass is 9.96. The molecule has 0 atom stereocenters. The quantitative estimate of drug-likeness (QED) is 0.453. The van der Waals surface area contributed by atoms with Gasteiger partial charge in [-0.05, 0) is 47.4 Å². The Labute approximate surface area is 172 Å². The maximum absolute atomic E-state index is 10.9. The van der Waals surface area contributed by atoms with Gasteiger partial charge < -0.3 is 9.84 Å². The van der Waals surface area contributed by atoms with Crippen molar-refractivity contribution < 1.29 is 14.6 Å². The molecule has 1 aromatic heterocycles. The van der Waals surface area contributed by atoms with Crippen LogP contribution in [0.3, 0.4) is 0 Å². The Hall–Kier alpha value is -3.44. The molecular weight excluding hydrogens is 388 g/mol. The van der Waals surface area contributed by atoms with Crippen LogP contribution >= 0.6 is 11.6 Å². The molecule has 0 unspecified atom stereocenters. The SMILES string of the molecule is Cc1c(COc2cc(O)c(C=O)cc2Cl)cccc1-c1ccc2nccnc2c1. The Morgan fingerprint density at radius 2 is 1.86 bits per heavy atom. The van der Waals surface area contributed by atoms with Crippen molar-refractivity contribution in [2.75, 3.05) is 0 Å². The van der Waals surface area contributed by atoms with E-state index in [1.54, 1.807) is 12.4 Å². The first kappa shape index (κ1) is 18.9. The second-order valence-corrected chi connectivity index (χ2v) is 7.00. The van der Waals surface area contributed by atoms with Crippen LogP contribution in [0.4, 0.5) is 0 Å². The molecule has 4 rings (SSSR count). The van der Waals surface area contributed by atoms with Crippen LogP contribution in [0.1, 0.15) is 21.5 Å². The van der Waals surface area contributed by atoms with Gasteiger partial charge in [-0.25, -0.2) is 0 Å². The number of halogens is 1. The second kappa shape index (κ2) is 7.89. The van der Waals surface area contributed by atoms with Crippen LogP contribution < -0.4 is 4.74 Å². The lowest BCUT2D eigenvalue weighted by Gasteiger charge is -2.14. The highest BCUT2D eigenvalue weighted by Gasteiger charge is 2.11. The molecule has 0 saturated carbocycles. The second-order valence-electron chi connectivity index (χ2n) is 6.60. The Balaban J connectivity index is 1.63. The third kappa shape index (κ3) is 3.77. The summed E-state index contributed by atoms with van der Waals surface area (Å²) in [6.07, 6.45) is 3.90. The first-order valence-electron chi connectivity index (χ1n) is 8.97. The van der Waals surface area contributed by atoms with Crippen LogP contribution in [0, 0.1) is 6.92 Å². The van der Waals surface area contributed by atoms with Gasteiger partial charge in [0.1, 0.15) is 18.1 Å². The molecule has 5 nitrogen and oxygen atoms in total. The lowest BCUT2D eigenvalue weighted by Crippen LogP contribution is -2.00. The maximum atomic E-state index is 10.9. The first-order valence-corrected chi connectivity index (χ1v) is 9.34. The number of phenolic OH excluding ortho intramolecular Hbond substituents is 1. The first-order chi connectivity index (χ1) is 14.1. The number of nitrogens with zero attached hydrogens (tertiary/aromatic N) is 2. The van der Waals surface area contributed by atoms with E-state index in [4.69, 9.17) is 16.3 Å². The minimum absolute atomic E-state index is 0.125. The van der Waals surface area contributed by atoms with Crippen molar-refractivity contribution >= 4 is 28.9 Å². The summed E-state index contributed by atoms with van der Waals surface area (Å²) in [7, 11) is 0. The molecule has 1 N–H and O–H groups in total. The minimum Gasteiger partial charge on any atom is -0.507 e. The van der Waals surface area contributed by atoms with Crippen LogP contribution in [-0.4, -0.2) is 21.4 Å². The molecular formula is C23H17ClN2O3. The molecule has 144 valence electrons. The van der Waals surface area contributed by atoms with Gasteiger partial charge in [0, 0.05) is 18.5 Å². The molecule has 0 aliphatic carbocycles. The van der Waals surface area contributed by atoms with Crippen molar-refractivity contribution in [2.24, 2.45) is 0 Å². The molecule has 0 fully saturated rings. The average molecular weight is 405 g/mol. The number of benzene rings is 3. The summed E-state index contributed by atoms with van der Waals surface area (Å²) in [4.78, 5) is 19.6. The summed E-state index contributed by atoms with van der Waals surface area (Å²) < 4.78 is 5.81. The van der Waals surface area contributed by atoms with E-state index in [0.717, 1.165) is 33.3 Å². The molecule has 0 aliphatic rings. The number of rotatable bonds is 5. The molecule has 29 heavy (non-hydrogen) atoms. The standard InChI is InChI=1S/C23H17ClN2O3/c1-14-16(13-29-23-11-22(28)17(12-27)9-19(23)24)3-2-4-18(14)15-5-6-20-21(10-15)26-8-7-25-20/h2-12,28H,13H2,1H3. The largest absolute Gasteiger partial charge is 0.507 e. The van der Waals surface area contributed by atoms with Crippen LogP contribution in [0.15, 0.2) is 60.9 Å². The number of carbonyl (C=O) groups is 1. The van der Waals surface area contributed by atoms with Crippen molar-refractivity contribution in [3.05, 3.63) is 82.6 Å². The molecule has 3 aromatic carbocycles. The van der Waals surface area contributed by atoms with Gasteiger partial charge in [0.15, 0.2) is 6.29 Å². The molecule has 0 bridgehead atoms. The van der Waals surface area contributed by atoms with Gasteiger partial charge in [0.05, 0.1) is 21.6 Å². The summed E-state index contributed by atoms with van der Waals surface area (Å²) in [5.41, 5.74) is 5.98. The van der Waals surface area contributed by atoms with Crippen molar-refractivity contribution in [1.82, 2.24) is 9.97 Å². The van der Waals surface area contributed by atoms with Gasteiger partial charge in [-0.1, -0.05) is 35.9 Å². The van der Waals surface area contributed by atoms with E-state index in [9.17, 15) is 9.90 Å². The predicted octanol–water partition coefficient (Wildman–Crippen LogP) is 5.36. The van der Waals surface area contributed by atoms with E-state index in [1.807, 2.05) is 43.3 Å². The van der Waals surface area contributed by atoms with Crippen molar-refractivity contribution in [3.8, 4) is 22.6 Å². The van der Waals surface area contributed by atoms with Crippen molar-refractivity contribution in [3.63, 3.8) is 0 Å². The zero-order valence-electron chi connectivity index (χ0n) is 15.6. The third-order valence-electron chi connectivity index (χ3n) is 4.82. The van der Waals surface area contributed by atoms with Gasteiger partial charge in [0.2, 0.25) is 0 Å². The van der Waals surface area contributed by atoms with E-state index in [0.29, 0.717) is 12.0 Å².